The van der Waals surface area contributed by atoms with Crippen LogP contribution in [0.1, 0.15) is 52.8 Å². The van der Waals surface area contributed by atoms with Gasteiger partial charge in [0.2, 0.25) is 0 Å². The smallest absolute Gasteiger partial charge is 0.0725 e. The number of anilines is 3. The van der Waals surface area contributed by atoms with E-state index in [4.69, 9.17) is 0 Å². The maximum absolute atomic E-state index is 4.10. The minimum atomic E-state index is -0.522. The Morgan fingerprint density at radius 1 is 0.284 bits per heavy atom. The second-order valence-electron chi connectivity index (χ2n) is 22.7. The van der Waals surface area contributed by atoms with E-state index in [0.29, 0.717) is 0 Å². The van der Waals surface area contributed by atoms with E-state index >= 15 is 0 Å². The van der Waals surface area contributed by atoms with Gasteiger partial charge in [-0.1, -0.05) is 251 Å². The van der Waals surface area contributed by atoms with E-state index in [9.17, 15) is 0 Å². The molecule has 0 radical (unpaired) electrons. The normalized spacial score (nSPS) is 14.7. The lowest BCUT2D eigenvalue weighted by Gasteiger charge is -2.31. The quantitative estimate of drug-likeness (QED) is 0.137. The molecule has 0 N–H and O–H groups in total. The van der Waals surface area contributed by atoms with Crippen LogP contribution in [0.25, 0.3) is 106 Å². The number of fused-ring (bicyclic) bond motifs is 15. The third-order valence-electron chi connectivity index (χ3n) is 18.2. The summed E-state index contributed by atoms with van der Waals surface area (Å²) in [6.45, 7) is 8.83. The molecular weight excluding hydrogens is 975 g/mol. The van der Waals surface area contributed by atoms with Crippen molar-refractivity contribution >= 4 is 44.7 Å². The first-order valence-electron chi connectivity index (χ1n) is 28.3. The molecule has 0 saturated heterocycles. The maximum Gasteiger partial charge on any atom is 0.0725 e. The van der Waals surface area contributed by atoms with Gasteiger partial charge in [-0.2, -0.15) is 0 Å². The van der Waals surface area contributed by atoms with Crippen molar-refractivity contribution in [2.75, 3.05) is 4.90 Å². The van der Waals surface area contributed by atoms with Gasteiger partial charge in [-0.05, 0) is 193 Å². The fraction of sp³-hybridized carbons (Fsp3) is 0.0500. The van der Waals surface area contributed by atoms with Gasteiger partial charge in [0.1, 0.15) is 0 Å². The molecule has 0 aliphatic heterocycles. The van der Waals surface area contributed by atoms with Gasteiger partial charge < -0.3 is 4.90 Å². The summed E-state index contributed by atoms with van der Waals surface area (Å²) < 4.78 is 0. The van der Waals surface area contributed by atoms with Crippen molar-refractivity contribution in [3.63, 3.8) is 0 Å². The van der Waals surface area contributed by atoms with Gasteiger partial charge in [0.25, 0.3) is 0 Å². The van der Waals surface area contributed by atoms with Crippen molar-refractivity contribution < 1.29 is 0 Å². The molecule has 13 aromatic rings. The van der Waals surface area contributed by atoms with Crippen LogP contribution in [0.5, 0.6) is 0 Å². The van der Waals surface area contributed by atoms with Gasteiger partial charge in [-0.25, -0.2) is 0 Å². The third kappa shape index (κ3) is 6.92. The van der Waals surface area contributed by atoms with Gasteiger partial charge in [0.15, 0.2) is 0 Å². The van der Waals surface area contributed by atoms with Crippen molar-refractivity contribution in [1.29, 1.82) is 0 Å². The molecule has 0 heterocycles. The first-order valence-corrected chi connectivity index (χ1v) is 28.3. The van der Waals surface area contributed by atoms with E-state index in [1.54, 1.807) is 0 Å². The Bertz CT molecular complexity index is 4660. The fourth-order valence-electron chi connectivity index (χ4n) is 14.6. The summed E-state index contributed by atoms with van der Waals surface area (Å²) in [4.78, 5) is 2.43. The molecule has 3 aliphatic rings. The second-order valence-corrected chi connectivity index (χ2v) is 22.7. The van der Waals surface area contributed by atoms with E-state index in [0.717, 1.165) is 22.6 Å². The van der Waals surface area contributed by atoms with Crippen molar-refractivity contribution in [2.45, 2.75) is 24.7 Å². The van der Waals surface area contributed by atoms with Gasteiger partial charge >= 0.3 is 0 Å². The molecule has 380 valence electrons. The largest absolute Gasteiger partial charge is 0.310 e. The van der Waals surface area contributed by atoms with Crippen LogP contribution >= 0.6 is 0 Å². The summed E-state index contributed by atoms with van der Waals surface area (Å²) in [5, 5.41) is 4.93. The molecule has 0 bridgehead atoms. The summed E-state index contributed by atoms with van der Waals surface area (Å²) in [5.74, 6) is 0. The van der Waals surface area contributed by atoms with Crippen LogP contribution in [0, 0.1) is 0 Å². The van der Waals surface area contributed by atoms with Crippen LogP contribution in [0.4, 0.5) is 17.1 Å². The molecular formula is C80H55N. The molecule has 81 heavy (non-hydrogen) atoms. The van der Waals surface area contributed by atoms with E-state index in [2.05, 4.69) is 304 Å². The lowest BCUT2D eigenvalue weighted by molar-refractivity contribution is 0.660. The second kappa shape index (κ2) is 18.0. The van der Waals surface area contributed by atoms with Crippen LogP contribution in [-0.4, -0.2) is 0 Å². The minimum Gasteiger partial charge on any atom is -0.310 e. The average molecular weight is 1030 g/mol. The number of nitrogens with zero attached hydrogens (tertiary/aromatic N) is 1. The lowest BCUT2D eigenvalue weighted by atomic mass is 9.70. The summed E-state index contributed by atoms with van der Waals surface area (Å²) in [7, 11) is 0. The first kappa shape index (κ1) is 47.0. The maximum atomic E-state index is 4.10. The molecule has 0 aromatic heterocycles. The van der Waals surface area contributed by atoms with Crippen LogP contribution in [0.2, 0.25) is 0 Å². The monoisotopic (exact) mass is 1030 g/mol. The zero-order valence-corrected chi connectivity index (χ0v) is 45.3. The van der Waals surface area contributed by atoms with Crippen LogP contribution in [0.15, 0.2) is 286 Å². The topological polar surface area (TPSA) is 3.24 Å². The predicted octanol–water partition coefficient (Wildman–Crippen LogP) is 21.4. The number of hydrogen-bond donors (Lipinski definition) is 0. The number of benzene rings is 13. The van der Waals surface area contributed by atoms with Crippen molar-refractivity contribution in [3.05, 3.63) is 325 Å². The Kier molecular flexibility index (Phi) is 10.4. The number of hydrogen-bond acceptors (Lipinski definition) is 1. The SMILES string of the molecule is C=Cc1cccc(-c2ccc3c(c2)C2(c4ccccc4-3)c3ccccc3-c3ccc(-c4c5ccccc5c(-c5ccc(N(c6ccc(-c7ccccc7)cc6)c6ccc7c(c6)C(C)(C)c6ccccc6-7)cc5)c5ccccc45)cc32)c1. The molecule has 1 unspecified atom stereocenters. The molecule has 16 rings (SSSR count). The Balaban J connectivity index is 0.853. The highest BCUT2D eigenvalue weighted by molar-refractivity contribution is 6.21. The Labute approximate surface area is 474 Å². The van der Waals surface area contributed by atoms with Gasteiger partial charge in [0.05, 0.1) is 5.41 Å². The standard InChI is InChI=1S/C80H55N/c1-4-51-19-18-22-55(47-51)56-37-44-65-62-24-13-16-31-72(62)80(75(65)48-56)73-32-17-14-25-63(73)66-45-38-57(49-76(66)80)78-69-28-10-8-26-67(69)77(68-27-9-11-29-70(68)78)54-35-41-59(42-36-54)81(58-39-33-53(34-40-58)52-20-6-5-7-21-52)60-43-46-64-61-23-12-15-30-71(61)79(2,3)74(64)50-60/h4-50H,1H2,2-3H3. The zero-order chi connectivity index (χ0) is 54.0. The lowest BCUT2D eigenvalue weighted by Crippen LogP contribution is -2.26. The molecule has 0 saturated carbocycles. The van der Waals surface area contributed by atoms with Crippen LogP contribution in [0.3, 0.4) is 0 Å². The van der Waals surface area contributed by atoms with Crippen LogP contribution < -0.4 is 4.90 Å². The zero-order valence-electron chi connectivity index (χ0n) is 45.3. The summed E-state index contributed by atoms with van der Waals surface area (Å²) >= 11 is 0. The van der Waals surface area contributed by atoms with Crippen molar-refractivity contribution in [3.8, 4) is 77.9 Å². The van der Waals surface area contributed by atoms with E-state index in [1.807, 2.05) is 6.08 Å². The Morgan fingerprint density at radius 2 is 0.679 bits per heavy atom. The minimum absolute atomic E-state index is 0.133. The Morgan fingerprint density at radius 3 is 1.27 bits per heavy atom. The van der Waals surface area contributed by atoms with Crippen molar-refractivity contribution in [2.24, 2.45) is 0 Å². The summed E-state index contributed by atoms with van der Waals surface area (Å²) in [6, 6.07) is 105. The molecule has 13 aromatic carbocycles. The molecule has 0 amide bonds. The van der Waals surface area contributed by atoms with Gasteiger partial charge in [-0.15, -0.1) is 0 Å². The summed E-state index contributed by atoms with van der Waals surface area (Å²) in [6.07, 6.45) is 1.94. The molecule has 1 spiro atoms. The highest BCUT2D eigenvalue weighted by Gasteiger charge is 2.52. The third-order valence-corrected chi connectivity index (χ3v) is 18.2. The average Bonchev–Trinajstić information content (AvgIpc) is 2.97. The summed E-state index contributed by atoms with van der Waals surface area (Å²) in [5.41, 5.74) is 29.4. The highest BCUT2D eigenvalue weighted by Crippen LogP contribution is 2.64. The fourth-order valence-corrected chi connectivity index (χ4v) is 14.6. The first-order chi connectivity index (χ1) is 39.9. The van der Waals surface area contributed by atoms with Crippen LogP contribution in [-0.2, 0) is 10.8 Å². The van der Waals surface area contributed by atoms with E-state index in [-0.39, 0.29) is 5.41 Å². The highest BCUT2D eigenvalue weighted by atomic mass is 15.1. The number of rotatable bonds is 8. The Hall–Kier alpha value is -10.1. The predicted molar refractivity (Wildman–Crippen MR) is 342 cm³/mol. The molecule has 3 aliphatic carbocycles. The molecule has 0 fully saturated rings. The van der Waals surface area contributed by atoms with Gasteiger partial charge in [-0.3, -0.25) is 0 Å². The molecule has 1 nitrogen and oxygen atoms in total. The van der Waals surface area contributed by atoms with E-state index < -0.39 is 5.41 Å². The molecule has 1 heteroatoms. The van der Waals surface area contributed by atoms with Crippen molar-refractivity contribution in [1.82, 2.24) is 0 Å². The van der Waals surface area contributed by atoms with E-state index in [1.165, 1.54) is 133 Å². The molecule has 1 atom stereocenters. The van der Waals surface area contributed by atoms with Gasteiger partial charge in [0, 0.05) is 22.5 Å².